The Hall–Kier alpha value is -2.33. The molecule has 0 N–H and O–H groups in total. The fraction of sp³-hybridized carbons (Fsp3) is 0.111. The maximum absolute atomic E-state index is 12.5. The van der Waals surface area contributed by atoms with Crippen LogP contribution in [0.1, 0.15) is 20.7 Å². The Morgan fingerprint density at radius 3 is 2.14 bits per heavy atom. The van der Waals surface area contributed by atoms with E-state index in [1.807, 2.05) is 36.4 Å². The first-order valence-corrected chi connectivity index (χ1v) is 8.05. The summed E-state index contributed by atoms with van der Waals surface area (Å²) in [5.74, 6) is 0.681. The first kappa shape index (κ1) is 14.6. The molecule has 1 amide bonds. The molecule has 1 heterocycles. The van der Waals surface area contributed by atoms with Gasteiger partial charge in [-0.2, -0.15) is 0 Å². The molecule has 2 aromatic rings. The Balaban J connectivity index is 1.83. The molecule has 0 aliphatic carbocycles. The maximum atomic E-state index is 12.5. The summed E-state index contributed by atoms with van der Waals surface area (Å²) in [6, 6.07) is 18.3. The summed E-state index contributed by atoms with van der Waals surface area (Å²) < 4.78 is 0. The van der Waals surface area contributed by atoms with Crippen molar-refractivity contribution in [1.82, 2.24) is 4.90 Å². The minimum atomic E-state index is -0.0733. The highest BCUT2D eigenvalue weighted by molar-refractivity contribution is 8.03. The summed E-state index contributed by atoms with van der Waals surface area (Å²) in [6.45, 7) is 0.631. The molecule has 1 aliphatic rings. The van der Waals surface area contributed by atoms with Gasteiger partial charge in [0.15, 0.2) is 5.78 Å². The normalized spacial score (nSPS) is 16.0. The van der Waals surface area contributed by atoms with Crippen LogP contribution in [0.3, 0.4) is 0 Å². The van der Waals surface area contributed by atoms with E-state index in [2.05, 4.69) is 0 Å². The third kappa shape index (κ3) is 3.12. The van der Waals surface area contributed by atoms with Crippen molar-refractivity contribution < 1.29 is 9.59 Å². The van der Waals surface area contributed by atoms with Gasteiger partial charge in [-0.05, 0) is 12.1 Å². The second-order valence-electron chi connectivity index (χ2n) is 4.88. The first-order chi connectivity index (χ1) is 10.8. The van der Waals surface area contributed by atoms with Crippen LogP contribution < -0.4 is 0 Å². The molecule has 4 heteroatoms. The third-order valence-corrected chi connectivity index (χ3v) is 4.43. The Kier molecular flexibility index (Phi) is 4.39. The van der Waals surface area contributed by atoms with E-state index in [0.717, 1.165) is 10.8 Å². The number of hydrogen-bond donors (Lipinski definition) is 0. The van der Waals surface area contributed by atoms with Crippen molar-refractivity contribution in [1.29, 1.82) is 0 Å². The van der Waals surface area contributed by atoms with Gasteiger partial charge in [0.25, 0.3) is 5.91 Å². The van der Waals surface area contributed by atoms with Crippen molar-refractivity contribution >= 4 is 23.5 Å². The van der Waals surface area contributed by atoms with Crippen molar-refractivity contribution in [2.24, 2.45) is 0 Å². The van der Waals surface area contributed by atoms with Crippen LogP contribution in [-0.4, -0.2) is 28.9 Å². The molecule has 0 saturated carbocycles. The molecule has 3 nitrogen and oxygen atoms in total. The largest absolute Gasteiger partial charge is 0.302 e. The van der Waals surface area contributed by atoms with Crippen molar-refractivity contribution in [2.75, 3.05) is 12.3 Å². The van der Waals surface area contributed by atoms with Crippen LogP contribution in [0.5, 0.6) is 0 Å². The topological polar surface area (TPSA) is 37.4 Å². The summed E-state index contributed by atoms with van der Waals surface area (Å²) in [7, 11) is 0. The van der Waals surface area contributed by atoms with E-state index in [-0.39, 0.29) is 11.7 Å². The van der Waals surface area contributed by atoms with Crippen molar-refractivity contribution in [2.45, 2.75) is 0 Å². The van der Waals surface area contributed by atoms with Gasteiger partial charge in [0.2, 0.25) is 0 Å². The van der Waals surface area contributed by atoms with Gasteiger partial charge in [0.1, 0.15) is 0 Å². The van der Waals surface area contributed by atoms with Crippen LogP contribution >= 0.6 is 11.8 Å². The van der Waals surface area contributed by atoms with Gasteiger partial charge in [-0.15, -0.1) is 11.8 Å². The fourth-order valence-electron chi connectivity index (χ4n) is 2.29. The number of carbonyl (C=O) groups excluding carboxylic acids is 2. The number of hydrogen-bond acceptors (Lipinski definition) is 3. The highest BCUT2D eigenvalue weighted by Crippen LogP contribution is 2.29. The van der Waals surface area contributed by atoms with Gasteiger partial charge in [0.05, 0.1) is 5.03 Å². The summed E-state index contributed by atoms with van der Waals surface area (Å²) >= 11 is 1.54. The van der Waals surface area contributed by atoms with Gasteiger partial charge >= 0.3 is 0 Å². The lowest BCUT2D eigenvalue weighted by atomic mass is 10.1. The van der Waals surface area contributed by atoms with E-state index >= 15 is 0 Å². The molecule has 110 valence electrons. The Morgan fingerprint density at radius 1 is 0.909 bits per heavy atom. The number of amides is 1. The number of carbonyl (C=O) groups is 2. The van der Waals surface area contributed by atoms with Crippen LogP contribution in [0.25, 0.3) is 0 Å². The maximum Gasteiger partial charge on any atom is 0.258 e. The average molecular weight is 309 g/mol. The SMILES string of the molecule is O=C(/C=C1\SCCN1C(=O)c1ccccc1)c1ccccc1. The zero-order valence-corrected chi connectivity index (χ0v) is 12.8. The Morgan fingerprint density at radius 2 is 1.50 bits per heavy atom. The van der Waals surface area contributed by atoms with Crippen LogP contribution in [0, 0.1) is 0 Å². The van der Waals surface area contributed by atoms with E-state index in [4.69, 9.17) is 0 Å². The van der Waals surface area contributed by atoms with Crippen LogP contribution in [-0.2, 0) is 0 Å². The van der Waals surface area contributed by atoms with E-state index in [0.29, 0.717) is 17.7 Å². The summed E-state index contributed by atoms with van der Waals surface area (Å²) in [5.41, 5.74) is 1.28. The molecular formula is C18H15NO2S. The van der Waals surface area contributed by atoms with Crippen LogP contribution in [0.2, 0.25) is 0 Å². The average Bonchev–Trinajstić information content (AvgIpc) is 3.04. The molecular weight excluding hydrogens is 294 g/mol. The van der Waals surface area contributed by atoms with E-state index in [1.54, 1.807) is 47.0 Å². The fourth-order valence-corrected chi connectivity index (χ4v) is 3.29. The van der Waals surface area contributed by atoms with Crippen molar-refractivity contribution in [3.05, 3.63) is 82.9 Å². The number of benzene rings is 2. The predicted molar refractivity (Wildman–Crippen MR) is 88.8 cm³/mol. The van der Waals surface area contributed by atoms with Gasteiger partial charge < -0.3 is 4.90 Å². The molecule has 22 heavy (non-hydrogen) atoms. The molecule has 0 atom stereocenters. The number of nitrogens with zero attached hydrogens (tertiary/aromatic N) is 1. The van der Waals surface area contributed by atoms with Crippen LogP contribution in [0.4, 0.5) is 0 Å². The zero-order valence-electron chi connectivity index (χ0n) is 11.9. The lowest BCUT2D eigenvalue weighted by Gasteiger charge is -2.16. The molecule has 0 radical (unpaired) electrons. The van der Waals surface area contributed by atoms with E-state index < -0.39 is 0 Å². The molecule has 3 rings (SSSR count). The zero-order chi connectivity index (χ0) is 15.4. The minimum Gasteiger partial charge on any atom is -0.302 e. The molecule has 0 unspecified atom stereocenters. The van der Waals surface area contributed by atoms with E-state index in [9.17, 15) is 9.59 Å². The standard InChI is InChI=1S/C18H15NO2S/c20-16(14-7-3-1-4-8-14)13-17-19(11-12-22-17)18(21)15-9-5-2-6-10-15/h1-10,13H,11-12H2/b17-13-. The molecule has 0 bridgehead atoms. The predicted octanol–water partition coefficient (Wildman–Crippen LogP) is 3.60. The number of thioether (sulfide) groups is 1. The van der Waals surface area contributed by atoms with Gasteiger partial charge in [-0.3, -0.25) is 9.59 Å². The number of rotatable bonds is 3. The van der Waals surface area contributed by atoms with Gasteiger partial charge in [-0.25, -0.2) is 0 Å². The van der Waals surface area contributed by atoms with Crippen LogP contribution in [0.15, 0.2) is 71.8 Å². The highest BCUT2D eigenvalue weighted by Gasteiger charge is 2.25. The van der Waals surface area contributed by atoms with Crippen molar-refractivity contribution in [3.63, 3.8) is 0 Å². The summed E-state index contributed by atoms with van der Waals surface area (Å²) in [4.78, 5) is 26.5. The third-order valence-electron chi connectivity index (χ3n) is 3.41. The van der Waals surface area contributed by atoms with E-state index in [1.165, 1.54) is 0 Å². The smallest absolute Gasteiger partial charge is 0.258 e. The Bertz CT molecular complexity index is 710. The second-order valence-corrected chi connectivity index (χ2v) is 6.00. The lowest BCUT2D eigenvalue weighted by molar-refractivity contribution is 0.0829. The first-order valence-electron chi connectivity index (χ1n) is 7.06. The molecule has 2 aromatic carbocycles. The summed E-state index contributed by atoms with van der Waals surface area (Å²) in [5, 5.41) is 0.725. The molecule has 0 spiro atoms. The molecule has 1 saturated heterocycles. The second kappa shape index (κ2) is 6.62. The summed E-state index contributed by atoms with van der Waals surface area (Å²) in [6.07, 6.45) is 1.56. The quantitative estimate of drug-likeness (QED) is 0.642. The minimum absolute atomic E-state index is 0.0577. The lowest BCUT2D eigenvalue weighted by Crippen LogP contribution is -2.27. The van der Waals surface area contributed by atoms with Gasteiger partial charge in [-0.1, -0.05) is 48.5 Å². The molecule has 1 aliphatic heterocycles. The molecule has 1 fully saturated rings. The van der Waals surface area contributed by atoms with Gasteiger partial charge in [0, 0.05) is 29.5 Å². The number of allylic oxidation sites excluding steroid dienone is 1. The molecule has 0 aromatic heterocycles. The monoisotopic (exact) mass is 309 g/mol. The number of ketones is 1. The Labute approximate surface area is 133 Å². The van der Waals surface area contributed by atoms with Crippen molar-refractivity contribution in [3.8, 4) is 0 Å². The highest BCUT2D eigenvalue weighted by atomic mass is 32.2.